The van der Waals surface area contributed by atoms with Crippen LogP contribution >= 0.6 is 11.8 Å². The first kappa shape index (κ1) is 27.9. The Bertz CT molecular complexity index is 1000. The quantitative estimate of drug-likeness (QED) is 0.296. The predicted octanol–water partition coefficient (Wildman–Crippen LogP) is 0.940. The van der Waals surface area contributed by atoms with E-state index in [0.717, 1.165) is 39.8 Å². The molecule has 1 saturated heterocycles. The van der Waals surface area contributed by atoms with Crippen molar-refractivity contribution >= 4 is 47.4 Å². The number of hydrogen-bond donors (Lipinski definition) is 1. The van der Waals surface area contributed by atoms with E-state index in [-0.39, 0.29) is 28.6 Å². The van der Waals surface area contributed by atoms with Crippen molar-refractivity contribution in [2.75, 3.05) is 32.4 Å². The van der Waals surface area contributed by atoms with Gasteiger partial charge in [-0.05, 0) is 12.3 Å². The Balaban J connectivity index is 2.51. The fourth-order valence-electron chi connectivity index (χ4n) is 3.32. The number of carbonyl (C=O) groups excluding carboxylic acids is 5. The van der Waals surface area contributed by atoms with E-state index in [2.05, 4.69) is 10.3 Å². The Hall–Kier alpha value is -3.39. The Morgan fingerprint density at radius 3 is 2.03 bits per heavy atom. The molecule has 1 aliphatic heterocycles. The zero-order valence-electron chi connectivity index (χ0n) is 19.9. The average Bonchev–Trinajstić information content (AvgIpc) is 2.80. The summed E-state index contributed by atoms with van der Waals surface area (Å²) in [4.78, 5) is 64.1. The summed E-state index contributed by atoms with van der Waals surface area (Å²) in [5, 5.41) is 3.03. The van der Waals surface area contributed by atoms with E-state index >= 15 is 0 Å². The number of carbonyl (C=O) groups is 5. The van der Waals surface area contributed by atoms with Gasteiger partial charge < -0.3 is 33.7 Å². The number of aromatic nitrogens is 1. The van der Waals surface area contributed by atoms with Crippen molar-refractivity contribution in [2.24, 2.45) is 0 Å². The second kappa shape index (κ2) is 12.4. The lowest BCUT2D eigenvalue weighted by atomic mass is 10.0. The predicted molar refractivity (Wildman–Crippen MR) is 119 cm³/mol. The number of ether oxygens (including phenoxy) is 6. The van der Waals surface area contributed by atoms with E-state index in [1.165, 1.54) is 13.0 Å². The summed E-state index contributed by atoms with van der Waals surface area (Å²) in [6.07, 6.45) is -3.04. The molecule has 2 rings (SSSR count). The van der Waals surface area contributed by atoms with Crippen LogP contribution in [0.1, 0.15) is 41.5 Å². The van der Waals surface area contributed by atoms with Gasteiger partial charge in [0.2, 0.25) is 0 Å². The van der Waals surface area contributed by atoms with Crippen LogP contribution in [0.4, 0.5) is 5.82 Å². The number of anilines is 1. The van der Waals surface area contributed by atoms with E-state index in [9.17, 15) is 24.0 Å². The lowest BCUT2D eigenvalue weighted by Gasteiger charge is -2.40. The first-order chi connectivity index (χ1) is 16.5. The summed E-state index contributed by atoms with van der Waals surface area (Å²) < 4.78 is 31.1. The number of rotatable bonds is 8. The lowest BCUT2D eigenvalue weighted by Crippen LogP contribution is -2.59. The van der Waals surface area contributed by atoms with E-state index in [1.807, 2.05) is 0 Å². The van der Waals surface area contributed by atoms with Crippen LogP contribution in [0.5, 0.6) is 0 Å². The van der Waals surface area contributed by atoms with Crippen LogP contribution in [0.3, 0.4) is 0 Å². The second-order valence-electron chi connectivity index (χ2n) is 7.12. The molecular weight excluding hydrogens is 488 g/mol. The van der Waals surface area contributed by atoms with Crippen LogP contribution in [0.25, 0.3) is 0 Å². The van der Waals surface area contributed by atoms with Crippen LogP contribution in [0.15, 0.2) is 11.1 Å². The van der Waals surface area contributed by atoms with Crippen molar-refractivity contribution < 1.29 is 52.4 Å². The summed E-state index contributed by atoms with van der Waals surface area (Å²) in [7, 11) is 2.31. The highest BCUT2D eigenvalue weighted by atomic mass is 32.2. The topological polar surface area (TPSA) is 166 Å². The van der Waals surface area contributed by atoms with Gasteiger partial charge in [-0.25, -0.2) is 14.6 Å². The molecule has 13 nitrogen and oxygen atoms in total. The highest BCUT2D eigenvalue weighted by Gasteiger charge is 2.47. The van der Waals surface area contributed by atoms with Gasteiger partial charge in [0.1, 0.15) is 16.4 Å². The highest BCUT2D eigenvalue weighted by Crippen LogP contribution is 2.29. The average molecular weight is 515 g/mol. The summed E-state index contributed by atoms with van der Waals surface area (Å²) in [6.45, 7) is 3.24. The zero-order valence-corrected chi connectivity index (χ0v) is 20.8. The molecule has 0 aliphatic carbocycles. The van der Waals surface area contributed by atoms with E-state index < -0.39 is 54.4 Å². The first-order valence-electron chi connectivity index (χ1n) is 10.2. The molecule has 35 heavy (non-hydrogen) atoms. The summed E-state index contributed by atoms with van der Waals surface area (Å²) in [5.74, 6) is -3.64. The normalized spacial score (nSPS) is 21.3. The minimum Gasteiger partial charge on any atom is -0.465 e. The zero-order chi connectivity index (χ0) is 26.3. The minimum atomic E-state index is -1.27. The summed E-state index contributed by atoms with van der Waals surface area (Å²) in [6, 6.07) is 1.24. The number of nitrogens with zero attached hydrogens (tertiary/aromatic N) is 1. The molecule has 1 aliphatic rings. The number of methoxy groups -OCH3 is 2. The molecule has 1 N–H and O–H groups in total. The molecule has 0 bridgehead atoms. The third-order valence-electron chi connectivity index (χ3n) is 4.61. The van der Waals surface area contributed by atoms with Crippen molar-refractivity contribution in [3.63, 3.8) is 0 Å². The number of hydrogen-bond acceptors (Lipinski definition) is 14. The van der Waals surface area contributed by atoms with Gasteiger partial charge in [-0.1, -0.05) is 0 Å². The molecule has 4 atom stereocenters. The van der Waals surface area contributed by atoms with Gasteiger partial charge >= 0.3 is 29.8 Å². The SMILES string of the molecule is COC(=O)c1cc(N[C@@H]2OC[C@@H](OC(C)=O)[C@H](OC(C)=O)[C@H]2OC(C)=O)nc(SC)c1C(=O)OC. The smallest absolute Gasteiger partial charge is 0.341 e. The number of pyridine rings is 1. The van der Waals surface area contributed by atoms with Crippen molar-refractivity contribution in [1.29, 1.82) is 0 Å². The second-order valence-corrected chi connectivity index (χ2v) is 7.91. The van der Waals surface area contributed by atoms with Crippen LogP contribution < -0.4 is 5.32 Å². The monoisotopic (exact) mass is 514 g/mol. The van der Waals surface area contributed by atoms with Gasteiger partial charge in [-0.3, -0.25) is 14.4 Å². The molecule has 0 unspecified atom stereocenters. The standard InChI is InChI=1S/C21H26N2O11S/c1-9(24)32-13-8-31-18(17(34-11(3)26)16(13)33-10(2)25)22-14-7-12(20(27)29-4)15(21(28)30-5)19(23-14)35-6/h7,13,16-18H,8H2,1-6H3,(H,22,23)/t13-,16+,17-,18-/m1/s1. The van der Waals surface area contributed by atoms with Crippen LogP contribution in [0.2, 0.25) is 0 Å². The summed E-state index contributed by atoms with van der Waals surface area (Å²) >= 11 is 1.07. The Labute approximate surface area is 205 Å². The molecule has 192 valence electrons. The maximum Gasteiger partial charge on any atom is 0.341 e. The third kappa shape index (κ3) is 7.05. The molecule has 1 aromatic heterocycles. The number of thioether (sulfide) groups is 1. The molecule has 1 aromatic rings. The fourth-order valence-corrected chi connectivity index (χ4v) is 3.91. The molecular formula is C21H26N2O11S. The van der Waals surface area contributed by atoms with Crippen molar-refractivity contribution in [3.8, 4) is 0 Å². The first-order valence-corrected chi connectivity index (χ1v) is 11.4. The minimum absolute atomic E-state index is 0.0528. The lowest BCUT2D eigenvalue weighted by molar-refractivity contribution is -0.221. The maximum absolute atomic E-state index is 12.4. The van der Waals surface area contributed by atoms with E-state index in [1.54, 1.807) is 6.26 Å². The van der Waals surface area contributed by atoms with Crippen LogP contribution in [-0.2, 0) is 42.8 Å². The molecule has 2 heterocycles. The fraction of sp³-hybridized carbons (Fsp3) is 0.524. The Kier molecular flexibility index (Phi) is 9.83. The van der Waals surface area contributed by atoms with E-state index in [0.29, 0.717) is 0 Å². The number of nitrogens with one attached hydrogen (secondary N) is 1. The van der Waals surface area contributed by atoms with E-state index in [4.69, 9.17) is 28.4 Å². The maximum atomic E-state index is 12.4. The Morgan fingerprint density at radius 2 is 1.51 bits per heavy atom. The largest absolute Gasteiger partial charge is 0.465 e. The van der Waals surface area contributed by atoms with Crippen molar-refractivity contribution in [3.05, 3.63) is 17.2 Å². The highest BCUT2D eigenvalue weighted by molar-refractivity contribution is 7.98. The van der Waals surface area contributed by atoms with Gasteiger partial charge in [-0.15, -0.1) is 11.8 Å². The summed E-state index contributed by atoms with van der Waals surface area (Å²) in [5.41, 5.74) is -0.221. The van der Waals surface area contributed by atoms with Crippen molar-refractivity contribution in [1.82, 2.24) is 4.98 Å². The molecule has 14 heteroatoms. The third-order valence-corrected chi connectivity index (χ3v) is 5.30. The molecule has 0 amide bonds. The van der Waals surface area contributed by atoms with Crippen molar-refractivity contribution in [2.45, 2.75) is 50.3 Å². The molecule has 0 saturated carbocycles. The van der Waals surface area contributed by atoms with Gasteiger partial charge in [0, 0.05) is 20.8 Å². The molecule has 0 spiro atoms. The van der Waals surface area contributed by atoms with Gasteiger partial charge in [-0.2, -0.15) is 0 Å². The van der Waals surface area contributed by atoms with Gasteiger partial charge in [0.25, 0.3) is 0 Å². The van der Waals surface area contributed by atoms with Gasteiger partial charge in [0.05, 0.1) is 26.4 Å². The van der Waals surface area contributed by atoms with Crippen LogP contribution in [0, 0.1) is 0 Å². The molecule has 0 radical (unpaired) electrons. The Morgan fingerprint density at radius 1 is 0.943 bits per heavy atom. The number of esters is 5. The molecule has 0 aromatic carbocycles. The molecule has 1 fully saturated rings. The van der Waals surface area contributed by atoms with Crippen LogP contribution in [-0.4, -0.2) is 86.5 Å². The van der Waals surface area contributed by atoms with Gasteiger partial charge in [0.15, 0.2) is 24.5 Å².